The first kappa shape index (κ1) is 21.8. The van der Waals surface area contributed by atoms with Gasteiger partial charge in [0.15, 0.2) is 0 Å². The monoisotopic (exact) mass is 444 g/mol. The molecule has 0 N–H and O–H groups in total. The van der Waals surface area contributed by atoms with Crippen LogP contribution in [0.5, 0.6) is 0 Å². The Hall–Kier alpha value is -1.88. The fraction of sp³-hybridized carbons (Fsp3) is 0.368. The molecular weight excluding hydrogens is 422 g/mol. The standard InChI is InChI=1S/C19H22F2N2O4S2/c1-14-4-6-18(16(20)12-14)28(24,25)22-8-3-9-23(11-10-22)29(26,27)19-7-5-15(2)13-17(19)21/h4-7,12-13H,3,8-11H2,1-2H3. The molecule has 0 amide bonds. The molecule has 0 aliphatic carbocycles. The summed E-state index contributed by atoms with van der Waals surface area (Å²) < 4.78 is 82.0. The van der Waals surface area contributed by atoms with E-state index in [1.54, 1.807) is 13.8 Å². The fourth-order valence-electron chi connectivity index (χ4n) is 3.26. The molecule has 0 atom stereocenters. The summed E-state index contributed by atoms with van der Waals surface area (Å²) in [5, 5.41) is 0. The van der Waals surface area contributed by atoms with E-state index in [1.807, 2.05) is 0 Å². The second kappa shape index (κ2) is 8.10. The Labute approximate surface area is 169 Å². The Morgan fingerprint density at radius 2 is 1.07 bits per heavy atom. The Morgan fingerprint density at radius 1 is 0.690 bits per heavy atom. The van der Waals surface area contributed by atoms with Gasteiger partial charge in [0.1, 0.15) is 21.4 Å². The van der Waals surface area contributed by atoms with Crippen LogP contribution in [0.15, 0.2) is 46.2 Å². The first-order chi connectivity index (χ1) is 13.5. The van der Waals surface area contributed by atoms with Gasteiger partial charge in [0, 0.05) is 26.2 Å². The zero-order valence-corrected chi connectivity index (χ0v) is 17.7. The molecule has 0 saturated carbocycles. The van der Waals surface area contributed by atoms with Gasteiger partial charge in [-0.15, -0.1) is 0 Å². The Balaban J connectivity index is 1.85. The summed E-state index contributed by atoms with van der Waals surface area (Å²) in [5.41, 5.74) is 1.18. The maximum absolute atomic E-state index is 14.2. The van der Waals surface area contributed by atoms with Gasteiger partial charge in [-0.1, -0.05) is 12.1 Å². The fourth-order valence-corrected chi connectivity index (χ4v) is 6.29. The van der Waals surface area contributed by atoms with Crippen LogP contribution in [0.25, 0.3) is 0 Å². The van der Waals surface area contributed by atoms with Gasteiger partial charge >= 0.3 is 0 Å². The molecule has 0 aromatic heterocycles. The van der Waals surface area contributed by atoms with Crippen LogP contribution in [0.4, 0.5) is 8.78 Å². The minimum Gasteiger partial charge on any atom is -0.207 e. The van der Waals surface area contributed by atoms with Gasteiger partial charge in [0.25, 0.3) is 0 Å². The first-order valence-electron chi connectivity index (χ1n) is 9.06. The molecule has 0 spiro atoms. The average molecular weight is 445 g/mol. The molecule has 1 heterocycles. The van der Waals surface area contributed by atoms with Crippen LogP contribution in [-0.2, 0) is 20.0 Å². The van der Waals surface area contributed by atoms with E-state index in [2.05, 4.69) is 0 Å². The Kier molecular flexibility index (Phi) is 6.09. The molecule has 10 heteroatoms. The summed E-state index contributed by atoms with van der Waals surface area (Å²) in [7, 11) is -8.23. The highest BCUT2D eigenvalue weighted by atomic mass is 32.2. The van der Waals surface area contributed by atoms with Crippen molar-refractivity contribution < 1.29 is 25.6 Å². The molecule has 29 heavy (non-hydrogen) atoms. The van der Waals surface area contributed by atoms with E-state index in [9.17, 15) is 25.6 Å². The summed E-state index contributed by atoms with van der Waals surface area (Å²) in [6.45, 7) is 3.08. The topological polar surface area (TPSA) is 74.8 Å². The van der Waals surface area contributed by atoms with Crippen molar-refractivity contribution >= 4 is 20.0 Å². The predicted molar refractivity (Wildman–Crippen MR) is 104 cm³/mol. The molecule has 3 rings (SSSR count). The smallest absolute Gasteiger partial charge is 0.207 e. The van der Waals surface area contributed by atoms with Crippen LogP contribution in [-0.4, -0.2) is 51.6 Å². The van der Waals surface area contributed by atoms with Gasteiger partial charge in [-0.3, -0.25) is 0 Å². The van der Waals surface area contributed by atoms with Crippen LogP contribution in [0.2, 0.25) is 0 Å². The Morgan fingerprint density at radius 3 is 1.41 bits per heavy atom. The lowest BCUT2D eigenvalue weighted by molar-refractivity contribution is 0.400. The van der Waals surface area contributed by atoms with Gasteiger partial charge in [-0.25, -0.2) is 25.6 Å². The highest BCUT2D eigenvalue weighted by molar-refractivity contribution is 7.89. The average Bonchev–Trinajstić information content (AvgIpc) is 2.88. The largest absolute Gasteiger partial charge is 0.246 e. The SMILES string of the molecule is Cc1ccc(S(=O)(=O)N2CCCN(S(=O)(=O)c3ccc(C)cc3F)CC2)c(F)c1. The van der Waals surface area contributed by atoms with Crippen molar-refractivity contribution in [3.8, 4) is 0 Å². The van der Waals surface area contributed by atoms with Gasteiger partial charge < -0.3 is 0 Å². The quantitative estimate of drug-likeness (QED) is 0.727. The zero-order valence-electron chi connectivity index (χ0n) is 16.1. The summed E-state index contributed by atoms with van der Waals surface area (Å²) >= 11 is 0. The lowest BCUT2D eigenvalue weighted by atomic mass is 10.2. The molecule has 2 aromatic carbocycles. The second-order valence-electron chi connectivity index (χ2n) is 7.03. The normalized spacial score (nSPS) is 17.2. The van der Waals surface area contributed by atoms with E-state index in [-0.39, 0.29) is 32.6 Å². The van der Waals surface area contributed by atoms with E-state index in [1.165, 1.54) is 24.3 Å². The molecule has 6 nitrogen and oxygen atoms in total. The Bertz CT molecular complexity index is 1050. The lowest BCUT2D eigenvalue weighted by Gasteiger charge is -2.22. The van der Waals surface area contributed by atoms with Crippen LogP contribution in [0, 0.1) is 25.5 Å². The van der Waals surface area contributed by atoms with E-state index >= 15 is 0 Å². The number of rotatable bonds is 4. The molecular formula is C19H22F2N2O4S2. The minimum atomic E-state index is -4.12. The molecule has 1 saturated heterocycles. The van der Waals surface area contributed by atoms with Crippen molar-refractivity contribution in [3.05, 3.63) is 59.2 Å². The molecule has 2 aromatic rings. The lowest BCUT2D eigenvalue weighted by Crippen LogP contribution is -2.37. The highest BCUT2D eigenvalue weighted by Crippen LogP contribution is 2.25. The number of nitrogens with zero attached hydrogens (tertiary/aromatic N) is 2. The zero-order chi connectivity index (χ0) is 21.4. The summed E-state index contributed by atoms with van der Waals surface area (Å²) in [5.74, 6) is -1.69. The second-order valence-corrected chi connectivity index (χ2v) is 10.8. The maximum Gasteiger partial charge on any atom is 0.246 e. The molecule has 158 valence electrons. The summed E-state index contributed by atoms with van der Waals surface area (Å²) in [6, 6.07) is 7.71. The van der Waals surface area contributed by atoms with Crippen molar-refractivity contribution in [1.29, 1.82) is 0 Å². The third kappa shape index (κ3) is 4.35. The number of sulfonamides is 2. The number of halogens is 2. The molecule has 1 aliphatic heterocycles. The van der Waals surface area contributed by atoms with E-state index < -0.39 is 41.5 Å². The van der Waals surface area contributed by atoms with E-state index in [0.29, 0.717) is 11.1 Å². The first-order valence-corrected chi connectivity index (χ1v) is 11.9. The van der Waals surface area contributed by atoms with Crippen LogP contribution in [0.1, 0.15) is 17.5 Å². The molecule has 0 unspecified atom stereocenters. The number of benzene rings is 2. The van der Waals surface area contributed by atoms with Gasteiger partial charge in [0.05, 0.1) is 0 Å². The van der Waals surface area contributed by atoms with Crippen molar-refractivity contribution in [2.24, 2.45) is 0 Å². The van der Waals surface area contributed by atoms with E-state index in [0.717, 1.165) is 20.7 Å². The third-order valence-corrected chi connectivity index (χ3v) is 8.69. The number of hydrogen-bond acceptors (Lipinski definition) is 4. The highest BCUT2D eigenvalue weighted by Gasteiger charge is 2.34. The number of hydrogen-bond donors (Lipinski definition) is 0. The van der Waals surface area contributed by atoms with Gasteiger partial charge in [0.2, 0.25) is 20.0 Å². The van der Waals surface area contributed by atoms with Crippen molar-refractivity contribution in [2.45, 2.75) is 30.1 Å². The molecule has 0 radical (unpaired) electrons. The van der Waals surface area contributed by atoms with Crippen LogP contribution < -0.4 is 0 Å². The van der Waals surface area contributed by atoms with Crippen LogP contribution >= 0.6 is 0 Å². The molecule has 0 bridgehead atoms. The summed E-state index contributed by atoms with van der Waals surface area (Å²) in [6.07, 6.45) is 0.208. The third-order valence-electron chi connectivity index (χ3n) is 4.82. The van der Waals surface area contributed by atoms with Crippen molar-refractivity contribution in [2.75, 3.05) is 26.2 Å². The maximum atomic E-state index is 14.2. The molecule has 1 fully saturated rings. The van der Waals surface area contributed by atoms with Gasteiger partial charge in [-0.05, 0) is 55.7 Å². The van der Waals surface area contributed by atoms with Crippen LogP contribution in [0.3, 0.4) is 0 Å². The number of aryl methyl sites for hydroxylation is 2. The van der Waals surface area contributed by atoms with Crippen molar-refractivity contribution in [1.82, 2.24) is 8.61 Å². The van der Waals surface area contributed by atoms with Crippen molar-refractivity contribution in [3.63, 3.8) is 0 Å². The predicted octanol–water partition coefficient (Wildman–Crippen LogP) is 2.67. The molecule has 1 aliphatic rings. The summed E-state index contributed by atoms with van der Waals surface area (Å²) in [4.78, 5) is -0.882. The minimum absolute atomic E-state index is 0.0397. The van der Waals surface area contributed by atoms with Gasteiger partial charge in [-0.2, -0.15) is 8.61 Å². The van der Waals surface area contributed by atoms with E-state index in [4.69, 9.17) is 0 Å².